The maximum atomic E-state index is 6.84. The predicted molar refractivity (Wildman–Crippen MR) is 250 cm³/mol. The van der Waals surface area contributed by atoms with E-state index in [-0.39, 0.29) is 0 Å². The number of nitrogens with zero attached hydrogens (tertiary/aromatic N) is 3. The number of rotatable bonds is 4. The number of hydrogen-bond donors (Lipinski definition) is 0. The van der Waals surface area contributed by atoms with Gasteiger partial charge in [0.25, 0.3) is 0 Å². The van der Waals surface area contributed by atoms with Crippen molar-refractivity contribution in [2.75, 3.05) is 0 Å². The van der Waals surface area contributed by atoms with Crippen LogP contribution in [0.4, 0.5) is 0 Å². The monoisotopic (exact) mass is 763 g/mol. The lowest BCUT2D eigenvalue weighted by Gasteiger charge is -2.15. The van der Waals surface area contributed by atoms with E-state index in [0.29, 0.717) is 5.82 Å². The fourth-order valence-corrected chi connectivity index (χ4v) is 9.60. The summed E-state index contributed by atoms with van der Waals surface area (Å²) in [6, 6.07) is 71.5. The molecule has 0 bridgehead atoms. The third-order valence-electron chi connectivity index (χ3n) is 12.3. The molecule has 0 saturated carbocycles. The van der Waals surface area contributed by atoms with Gasteiger partial charge in [-0.3, -0.25) is 4.57 Å². The number of aromatic nitrogens is 3. The fourth-order valence-electron chi connectivity index (χ4n) is 9.60. The third kappa shape index (κ3) is 4.91. The molecule has 0 amide bonds. The van der Waals surface area contributed by atoms with Gasteiger partial charge in [-0.2, -0.15) is 0 Å². The Morgan fingerprint density at radius 2 is 0.967 bits per heavy atom. The number of furan rings is 1. The van der Waals surface area contributed by atoms with E-state index in [4.69, 9.17) is 14.4 Å². The van der Waals surface area contributed by atoms with Gasteiger partial charge in [0.15, 0.2) is 5.82 Å². The average Bonchev–Trinajstić information content (AvgIpc) is 3.86. The van der Waals surface area contributed by atoms with Gasteiger partial charge in [0.1, 0.15) is 17.0 Å². The second kappa shape index (κ2) is 12.7. The lowest BCUT2D eigenvalue weighted by Crippen LogP contribution is -2.03. The van der Waals surface area contributed by atoms with E-state index in [1.54, 1.807) is 0 Å². The fraction of sp³-hybridized carbons (Fsp3) is 0. The second-order valence-corrected chi connectivity index (χ2v) is 15.7. The first-order valence-electron chi connectivity index (χ1n) is 20.4. The largest absolute Gasteiger partial charge is 0.455 e. The molecular formula is C56H33N3O. The van der Waals surface area contributed by atoms with Crippen LogP contribution in [0.5, 0.6) is 0 Å². The molecule has 4 nitrogen and oxygen atoms in total. The Hall–Kier alpha value is -8.08. The smallest absolute Gasteiger partial charge is 0.162 e. The molecule has 10 aromatic carbocycles. The topological polar surface area (TPSA) is 43.9 Å². The Labute approximate surface area is 344 Å². The highest BCUT2D eigenvalue weighted by molar-refractivity contribution is 6.20. The Kier molecular flexibility index (Phi) is 6.98. The van der Waals surface area contributed by atoms with Crippen LogP contribution < -0.4 is 0 Å². The van der Waals surface area contributed by atoms with Crippen molar-refractivity contribution in [1.29, 1.82) is 0 Å². The Balaban J connectivity index is 1.14. The molecule has 0 N–H and O–H groups in total. The van der Waals surface area contributed by atoms with Crippen molar-refractivity contribution in [2.24, 2.45) is 0 Å². The molecule has 13 rings (SSSR count). The molecule has 0 radical (unpaired) electrons. The zero-order valence-electron chi connectivity index (χ0n) is 32.3. The highest BCUT2D eigenvalue weighted by atomic mass is 16.3. The zero-order valence-corrected chi connectivity index (χ0v) is 32.3. The molecular weight excluding hydrogens is 731 g/mol. The maximum Gasteiger partial charge on any atom is 0.162 e. The van der Waals surface area contributed by atoms with Crippen LogP contribution >= 0.6 is 0 Å². The van der Waals surface area contributed by atoms with Gasteiger partial charge in [0.05, 0.1) is 16.7 Å². The van der Waals surface area contributed by atoms with Crippen molar-refractivity contribution in [1.82, 2.24) is 14.5 Å². The first kappa shape index (κ1) is 32.9. The molecule has 0 aliphatic rings. The molecule has 0 atom stereocenters. The Morgan fingerprint density at radius 3 is 1.75 bits per heavy atom. The number of benzene rings is 10. The van der Waals surface area contributed by atoms with Gasteiger partial charge in [-0.05, 0) is 97.2 Å². The van der Waals surface area contributed by atoms with Crippen molar-refractivity contribution in [2.45, 2.75) is 0 Å². The van der Waals surface area contributed by atoms with Gasteiger partial charge in [0, 0.05) is 44.3 Å². The first-order chi connectivity index (χ1) is 29.7. The van der Waals surface area contributed by atoms with Crippen LogP contribution in [-0.2, 0) is 0 Å². The lowest BCUT2D eigenvalue weighted by atomic mass is 9.90. The molecule has 3 aromatic heterocycles. The van der Waals surface area contributed by atoms with Gasteiger partial charge >= 0.3 is 0 Å². The minimum Gasteiger partial charge on any atom is -0.455 e. The summed E-state index contributed by atoms with van der Waals surface area (Å²) in [5.74, 6) is 1.48. The standard InChI is InChI=1S/C56H33N3O/c1-2-16-36-29-46-37(28-35(36)15-1)30-47(41-20-6-5-19-40(41)46)49-32-38(31-48-44-23-9-12-27-53(44)60-55(48)49)50-33-54(58-56(57-50)45-24-13-17-34-14-3-4-18-39(34)45)59-51-25-10-7-21-42(51)43-22-8-11-26-52(43)59/h1-33H. The van der Waals surface area contributed by atoms with E-state index in [0.717, 1.165) is 77.5 Å². The summed E-state index contributed by atoms with van der Waals surface area (Å²) in [5, 5.41) is 14.0. The molecule has 13 aromatic rings. The Morgan fingerprint density at radius 1 is 0.350 bits per heavy atom. The van der Waals surface area contributed by atoms with Crippen LogP contribution in [0.25, 0.3) is 126 Å². The van der Waals surface area contributed by atoms with E-state index in [1.165, 1.54) is 43.1 Å². The summed E-state index contributed by atoms with van der Waals surface area (Å²) in [5.41, 5.74) is 8.84. The van der Waals surface area contributed by atoms with E-state index < -0.39 is 0 Å². The minimum atomic E-state index is 0.669. The highest BCUT2D eigenvalue weighted by Gasteiger charge is 2.21. The molecule has 278 valence electrons. The Bertz CT molecular complexity index is 3850. The van der Waals surface area contributed by atoms with Crippen molar-refractivity contribution in [3.05, 3.63) is 200 Å². The van der Waals surface area contributed by atoms with Crippen molar-refractivity contribution in [3.8, 4) is 39.6 Å². The van der Waals surface area contributed by atoms with Gasteiger partial charge in [0.2, 0.25) is 0 Å². The van der Waals surface area contributed by atoms with Crippen LogP contribution in [0.15, 0.2) is 205 Å². The summed E-state index contributed by atoms with van der Waals surface area (Å²) in [4.78, 5) is 10.9. The van der Waals surface area contributed by atoms with E-state index in [2.05, 4.69) is 199 Å². The van der Waals surface area contributed by atoms with Gasteiger partial charge in [-0.25, -0.2) is 9.97 Å². The highest BCUT2D eigenvalue weighted by Crippen LogP contribution is 2.44. The number of para-hydroxylation sites is 3. The SMILES string of the molecule is c1ccc2cc3c(cc(-c4cc(-c5cc(-n6c7ccccc7c7ccccc76)nc(-c6cccc7ccccc67)n5)cc5c4oc4ccccc45)c4ccccc43)cc2c1. The van der Waals surface area contributed by atoms with Crippen LogP contribution in [0.2, 0.25) is 0 Å². The van der Waals surface area contributed by atoms with E-state index in [1.807, 2.05) is 6.07 Å². The van der Waals surface area contributed by atoms with Crippen molar-refractivity contribution < 1.29 is 4.42 Å². The number of fused-ring (bicyclic) bond motifs is 11. The van der Waals surface area contributed by atoms with Crippen LogP contribution in [0.1, 0.15) is 0 Å². The first-order valence-corrected chi connectivity index (χ1v) is 20.4. The molecule has 0 saturated heterocycles. The van der Waals surface area contributed by atoms with Crippen molar-refractivity contribution in [3.63, 3.8) is 0 Å². The minimum absolute atomic E-state index is 0.669. The molecule has 3 heterocycles. The van der Waals surface area contributed by atoms with E-state index in [9.17, 15) is 0 Å². The summed E-state index contributed by atoms with van der Waals surface area (Å²) < 4.78 is 9.13. The molecule has 0 unspecified atom stereocenters. The normalized spacial score (nSPS) is 12.0. The van der Waals surface area contributed by atoms with Gasteiger partial charge in [-0.1, -0.05) is 146 Å². The molecule has 0 aliphatic heterocycles. The average molecular weight is 764 g/mol. The van der Waals surface area contributed by atoms with Crippen LogP contribution in [0, 0.1) is 0 Å². The van der Waals surface area contributed by atoms with Gasteiger partial charge in [-0.15, -0.1) is 0 Å². The summed E-state index contributed by atoms with van der Waals surface area (Å²) in [6.45, 7) is 0. The van der Waals surface area contributed by atoms with Crippen LogP contribution in [0.3, 0.4) is 0 Å². The second-order valence-electron chi connectivity index (χ2n) is 15.7. The summed E-state index contributed by atoms with van der Waals surface area (Å²) in [6.07, 6.45) is 0. The molecule has 0 fully saturated rings. The summed E-state index contributed by atoms with van der Waals surface area (Å²) >= 11 is 0. The van der Waals surface area contributed by atoms with Gasteiger partial charge < -0.3 is 4.42 Å². The summed E-state index contributed by atoms with van der Waals surface area (Å²) in [7, 11) is 0. The number of hydrogen-bond acceptors (Lipinski definition) is 3. The lowest BCUT2D eigenvalue weighted by molar-refractivity contribution is 0.670. The van der Waals surface area contributed by atoms with Crippen LogP contribution in [-0.4, -0.2) is 14.5 Å². The maximum absolute atomic E-state index is 6.84. The van der Waals surface area contributed by atoms with Crippen molar-refractivity contribution >= 4 is 86.8 Å². The predicted octanol–water partition coefficient (Wildman–Crippen LogP) is 15.1. The quantitative estimate of drug-likeness (QED) is 0.132. The molecule has 0 spiro atoms. The molecule has 60 heavy (non-hydrogen) atoms. The molecule has 0 aliphatic carbocycles. The zero-order chi connectivity index (χ0) is 39.3. The third-order valence-corrected chi connectivity index (χ3v) is 12.3. The van der Waals surface area contributed by atoms with E-state index >= 15 is 0 Å². The molecule has 4 heteroatoms.